The van der Waals surface area contributed by atoms with Crippen LogP contribution in [0.5, 0.6) is 0 Å². The molecule has 5 heteroatoms. The van der Waals surface area contributed by atoms with Crippen molar-refractivity contribution in [1.82, 2.24) is 0 Å². The van der Waals surface area contributed by atoms with Crippen LogP contribution in [0.4, 0.5) is 0 Å². The van der Waals surface area contributed by atoms with Crippen LogP contribution in [-0.2, 0) is 9.53 Å². The van der Waals surface area contributed by atoms with E-state index in [0.29, 0.717) is 10.6 Å². The monoisotopic (exact) mass is 300 g/mol. The second kappa shape index (κ2) is 6.96. The Kier molecular flexibility index (Phi) is 5.88. The number of rotatable bonds is 5. The van der Waals surface area contributed by atoms with Crippen molar-refractivity contribution < 1.29 is 14.3 Å². The van der Waals surface area contributed by atoms with Gasteiger partial charge in [0.2, 0.25) is 0 Å². The van der Waals surface area contributed by atoms with E-state index in [1.165, 1.54) is 11.8 Å². The number of hydrogen-bond donors (Lipinski definition) is 0. The summed E-state index contributed by atoms with van der Waals surface area (Å²) in [6.45, 7) is 5.44. The molecule has 1 rings (SSSR count). The first kappa shape index (κ1) is 16.1. The summed E-state index contributed by atoms with van der Waals surface area (Å²) in [6, 6.07) is 6.78. The minimum Gasteiger partial charge on any atom is -0.459 e. The maximum atomic E-state index is 11.8. The van der Waals surface area contributed by atoms with Crippen molar-refractivity contribution in [2.45, 2.75) is 26.4 Å². The predicted octanol–water partition coefficient (Wildman–Crippen LogP) is 3.60. The average molecular weight is 301 g/mol. The summed E-state index contributed by atoms with van der Waals surface area (Å²) in [5, 5.41) is 0.531. The van der Waals surface area contributed by atoms with Gasteiger partial charge in [0.15, 0.2) is 5.78 Å². The molecular weight excluding hydrogens is 284 g/mol. The molecule has 104 valence electrons. The molecular formula is C14H17ClO3S. The molecule has 0 amide bonds. The molecule has 0 fully saturated rings. The minimum absolute atomic E-state index is 0.0453. The minimum atomic E-state index is -0.491. The maximum absolute atomic E-state index is 11.8. The molecule has 0 bridgehead atoms. The maximum Gasteiger partial charge on any atom is 0.316 e. The van der Waals surface area contributed by atoms with Crippen LogP contribution in [0.3, 0.4) is 0 Å². The van der Waals surface area contributed by atoms with Crippen LogP contribution in [0.2, 0.25) is 5.02 Å². The van der Waals surface area contributed by atoms with Gasteiger partial charge in [-0.05, 0) is 32.9 Å². The second-order valence-electron chi connectivity index (χ2n) is 5.01. The molecule has 3 nitrogen and oxygen atoms in total. The molecule has 0 spiro atoms. The first-order chi connectivity index (χ1) is 8.78. The molecule has 0 radical (unpaired) electrons. The number of esters is 1. The van der Waals surface area contributed by atoms with Gasteiger partial charge in [0, 0.05) is 10.6 Å². The van der Waals surface area contributed by atoms with Crippen LogP contribution in [-0.4, -0.2) is 28.9 Å². The van der Waals surface area contributed by atoms with Crippen molar-refractivity contribution in [3.63, 3.8) is 0 Å². The quantitative estimate of drug-likeness (QED) is 0.615. The lowest BCUT2D eigenvalue weighted by molar-refractivity contribution is -0.151. The van der Waals surface area contributed by atoms with Crippen molar-refractivity contribution >= 4 is 35.1 Å². The molecule has 0 heterocycles. The molecule has 1 aromatic rings. The van der Waals surface area contributed by atoms with Crippen LogP contribution >= 0.6 is 23.4 Å². The fraction of sp³-hybridized carbons (Fsp3) is 0.429. The normalized spacial score (nSPS) is 11.2. The Balaban J connectivity index is 2.37. The van der Waals surface area contributed by atoms with Gasteiger partial charge in [-0.15, -0.1) is 11.8 Å². The zero-order valence-corrected chi connectivity index (χ0v) is 12.8. The van der Waals surface area contributed by atoms with Crippen molar-refractivity contribution in [3.05, 3.63) is 34.9 Å². The molecule has 0 saturated heterocycles. The van der Waals surface area contributed by atoms with Gasteiger partial charge in [-0.1, -0.05) is 23.7 Å². The van der Waals surface area contributed by atoms with E-state index in [2.05, 4.69) is 0 Å². The van der Waals surface area contributed by atoms with E-state index < -0.39 is 5.60 Å². The number of halogens is 1. The molecule has 0 aliphatic rings. The smallest absolute Gasteiger partial charge is 0.316 e. The number of thioether (sulfide) groups is 1. The summed E-state index contributed by atoms with van der Waals surface area (Å²) in [5.41, 5.74) is 0.0680. The first-order valence-electron chi connectivity index (χ1n) is 5.86. The van der Waals surface area contributed by atoms with Crippen molar-refractivity contribution in [3.8, 4) is 0 Å². The van der Waals surface area contributed by atoms with E-state index >= 15 is 0 Å². The molecule has 0 aliphatic carbocycles. The Morgan fingerprint density at radius 2 is 1.95 bits per heavy atom. The highest BCUT2D eigenvalue weighted by Crippen LogP contribution is 2.14. The van der Waals surface area contributed by atoms with Crippen molar-refractivity contribution in [2.75, 3.05) is 11.5 Å². The number of Topliss-reactive ketones (excluding diaryl/α,β-unsaturated/α-hetero) is 1. The molecule has 0 aromatic heterocycles. The standard InChI is InChI=1S/C14H17ClO3S/c1-14(2,3)18-13(17)9-19-8-12(16)10-5-4-6-11(15)7-10/h4-7H,8-9H2,1-3H3. The Labute approximate surface area is 122 Å². The van der Waals surface area contributed by atoms with E-state index in [-0.39, 0.29) is 23.3 Å². The topological polar surface area (TPSA) is 43.4 Å². The van der Waals surface area contributed by atoms with Gasteiger partial charge in [-0.25, -0.2) is 0 Å². The van der Waals surface area contributed by atoms with Crippen LogP contribution in [0.15, 0.2) is 24.3 Å². The third-order valence-electron chi connectivity index (χ3n) is 2.02. The molecule has 0 saturated carbocycles. The summed E-state index contributed by atoms with van der Waals surface area (Å²) in [5.74, 6) is 0.0517. The van der Waals surface area contributed by atoms with Crippen LogP contribution in [0.1, 0.15) is 31.1 Å². The highest BCUT2D eigenvalue weighted by Gasteiger charge is 2.16. The van der Waals surface area contributed by atoms with Gasteiger partial charge in [-0.2, -0.15) is 0 Å². The van der Waals surface area contributed by atoms with Gasteiger partial charge < -0.3 is 4.74 Å². The average Bonchev–Trinajstić information content (AvgIpc) is 2.26. The lowest BCUT2D eigenvalue weighted by Crippen LogP contribution is -2.25. The third kappa shape index (κ3) is 6.64. The van der Waals surface area contributed by atoms with Crippen molar-refractivity contribution in [2.24, 2.45) is 0 Å². The van der Waals surface area contributed by atoms with E-state index in [0.717, 1.165) is 0 Å². The molecule has 19 heavy (non-hydrogen) atoms. The Morgan fingerprint density at radius 3 is 2.53 bits per heavy atom. The lowest BCUT2D eigenvalue weighted by atomic mass is 10.1. The van der Waals surface area contributed by atoms with Gasteiger partial charge >= 0.3 is 5.97 Å². The van der Waals surface area contributed by atoms with Crippen LogP contribution < -0.4 is 0 Å². The Morgan fingerprint density at radius 1 is 1.26 bits per heavy atom. The van der Waals surface area contributed by atoms with Gasteiger partial charge in [0.1, 0.15) is 5.60 Å². The molecule has 0 unspecified atom stereocenters. The number of ether oxygens (including phenoxy) is 1. The molecule has 0 atom stereocenters. The van der Waals surface area contributed by atoms with Gasteiger partial charge in [0.25, 0.3) is 0 Å². The number of hydrogen-bond acceptors (Lipinski definition) is 4. The highest BCUT2D eigenvalue weighted by atomic mass is 35.5. The Hall–Kier alpha value is -1.00. The second-order valence-corrected chi connectivity index (χ2v) is 6.43. The Bertz CT molecular complexity index is 466. The van der Waals surface area contributed by atoms with Crippen LogP contribution in [0.25, 0.3) is 0 Å². The summed E-state index contributed by atoms with van der Waals surface area (Å²) in [4.78, 5) is 23.3. The van der Waals surface area contributed by atoms with E-state index in [1.807, 2.05) is 20.8 Å². The number of ketones is 1. The highest BCUT2D eigenvalue weighted by molar-refractivity contribution is 8.00. The SMILES string of the molecule is CC(C)(C)OC(=O)CSCC(=O)c1cccc(Cl)c1. The summed E-state index contributed by atoms with van der Waals surface area (Å²) >= 11 is 7.06. The molecule has 1 aromatic carbocycles. The predicted molar refractivity (Wildman–Crippen MR) is 79.0 cm³/mol. The fourth-order valence-electron chi connectivity index (χ4n) is 1.34. The summed E-state index contributed by atoms with van der Waals surface area (Å²) in [6.07, 6.45) is 0. The zero-order chi connectivity index (χ0) is 14.5. The lowest BCUT2D eigenvalue weighted by Gasteiger charge is -2.19. The fourth-order valence-corrected chi connectivity index (χ4v) is 2.21. The van der Waals surface area contributed by atoms with Crippen LogP contribution in [0, 0.1) is 0 Å². The van der Waals surface area contributed by atoms with Gasteiger partial charge in [-0.3, -0.25) is 9.59 Å². The van der Waals surface area contributed by atoms with Crippen molar-refractivity contribution in [1.29, 1.82) is 0 Å². The van der Waals surface area contributed by atoms with Gasteiger partial charge in [0.05, 0.1) is 11.5 Å². The zero-order valence-electron chi connectivity index (χ0n) is 11.2. The number of benzene rings is 1. The van der Waals surface area contributed by atoms with E-state index in [9.17, 15) is 9.59 Å². The largest absolute Gasteiger partial charge is 0.459 e. The third-order valence-corrected chi connectivity index (χ3v) is 3.16. The summed E-state index contributed by atoms with van der Waals surface area (Å²) in [7, 11) is 0. The molecule has 0 aliphatic heterocycles. The summed E-state index contributed by atoms with van der Waals surface area (Å²) < 4.78 is 5.15. The first-order valence-corrected chi connectivity index (χ1v) is 7.39. The van der Waals surface area contributed by atoms with E-state index in [4.69, 9.17) is 16.3 Å². The molecule has 0 N–H and O–H groups in total. The van der Waals surface area contributed by atoms with E-state index in [1.54, 1.807) is 24.3 Å². The number of carbonyl (C=O) groups is 2. The number of carbonyl (C=O) groups excluding carboxylic acids is 2.